The first-order chi connectivity index (χ1) is 22.3. The Morgan fingerprint density at radius 3 is 2.11 bits per heavy atom. The first kappa shape index (κ1) is 24.8. The molecule has 0 saturated heterocycles. The lowest BCUT2D eigenvalue weighted by Gasteiger charge is -2.11. The van der Waals surface area contributed by atoms with Crippen molar-refractivity contribution in [3.8, 4) is 27.9 Å². The number of rotatable bonds is 3. The van der Waals surface area contributed by atoms with Crippen LogP contribution in [0.2, 0.25) is 0 Å². The maximum absolute atomic E-state index is 6.48. The van der Waals surface area contributed by atoms with E-state index in [2.05, 4.69) is 150 Å². The Labute approximate surface area is 263 Å². The van der Waals surface area contributed by atoms with Crippen molar-refractivity contribution in [3.63, 3.8) is 0 Å². The molecule has 10 aromatic rings. The van der Waals surface area contributed by atoms with E-state index in [9.17, 15) is 0 Å². The highest BCUT2D eigenvalue weighted by atomic mass is 32.1. The van der Waals surface area contributed by atoms with Crippen LogP contribution in [0.15, 0.2) is 156 Å². The summed E-state index contributed by atoms with van der Waals surface area (Å²) in [6.07, 6.45) is 0. The summed E-state index contributed by atoms with van der Waals surface area (Å²) in [6.45, 7) is 0. The van der Waals surface area contributed by atoms with Crippen molar-refractivity contribution in [1.29, 1.82) is 0 Å². The van der Waals surface area contributed by atoms with E-state index in [-0.39, 0.29) is 0 Å². The highest BCUT2D eigenvalue weighted by Crippen LogP contribution is 2.42. The Kier molecular flexibility index (Phi) is 5.19. The lowest BCUT2D eigenvalue weighted by Crippen LogP contribution is -1.93. The molecule has 3 heterocycles. The van der Waals surface area contributed by atoms with E-state index >= 15 is 0 Å². The van der Waals surface area contributed by atoms with Crippen molar-refractivity contribution in [2.75, 3.05) is 0 Å². The maximum atomic E-state index is 6.48. The zero-order valence-electron chi connectivity index (χ0n) is 24.2. The van der Waals surface area contributed by atoms with Crippen LogP contribution in [-0.4, -0.2) is 4.57 Å². The molecular formula is C42H25NOS. The Hall–Kier alpha value is -5.64. The number of nitrogens with zero attached hydrogens (tertiary/aromatic N) is 1. The van der Waals surface area contributed by atoms with Gasteiger partial charge in [0, 0.05) is 42.0 Å². The predicted molar refractivity (Wildman–Crippen MR) is 192 cm³/mol. The van der Waals surface area contributed by atoms with Crippen LogP contribution in [0.25, 0.3) is 91.9 Å². The lowest BCUT2D eigenvalue weighted by molar-refractivity contribution is 0.673. The minimum Gasteiger partial charge on any atom is -0.455 e. The fourth-order valence-corrected chi connectivity index (χ4v) is 8.40. The Morgan fingerprint density at radius 2 is 1.20 bits per heavy atom. The highest BCUT2D eigenvalue weighted by molar-refractivity contribution is 7.26. The summed E-state index contributed by atoms with van der Waals surface area (Å²) >= 11 is 1.88. The zero-order valence-corrected chi connectivity index (χ0v) is 25.0. The minimum atomic E-state index is 0.923. The summed E-state index contributed by atoms with van der Waals surface area (Å²) in [5.41, 5.74) is 10.3. The third kappa shape index (κ3) is 3.62. The third-order valence-electron chi connectivity index (χ3n) is 9.22. The first-order valence-electron chi connectivity index (χ1n) is 15.3. The van der Waals surface area contributed by atoms with Crippen molar-refractivity contribution < 1.29 is 4.42 Å². The molecule has 0 radical (unpaired) electrons. The molecule has 3 heteroatoms. The summed E-state index contributed by atoms with van der Waals surface area (Å²) in [7, 11) is 0. The lowest BCUT2D eigenvalue weighted by atomic mass is 9.98. The van der Waals surface area contributed by atoms with Gasteiger partial charge >= 0.3 is 0 Å². The topological polar surface area (TPSA) is 18.1 Å². The van der Waals surface area contributed by atoms with Crippen LogP contribution in [0.5, 0.6) is 0 Å². The largest absolute Gasteiger partial charge is 0.455 e. The minimum absolute atomic E-state index is 0.923. The van der Waals surface area contributed by atoms with Gasteiger partial charge in [-0.3, -0.25) is 0 Å². The molecule has 0 N–H and O–H groups in total. The predicted octanol–water partition coefficient (Wildman–Crippen LogP) is 12.4. The number of thiophene rings is 1. The van der Waals surface area contributed by atoms with Crippen LogP contribution in [-0.2, 0) is 0 Å². The third-order valence-corrected chi connectivity index (χ3v) is 10.4. The van der Waals surface area contributed by atoms with Gasteiger partial charge in [-0.15, -0.1) is 11.3 Å². The van der Waals surface area contributed by atoms with Crippen LogP contribution < -0.4 is 0 Å². The van der Waals surface area contributed by atoms with Gasteiger partial charge in [-0.2, -0.15) is 0 Å². The molecule has 0 aliphatic heterocycles. The van der Waals surface area contributed by atoms with Crippen LogP contribution in [0, 0.1) is 0 Å². The fraction of sp³-hybridized carbons (Fsp3) is 0. The van der Waals surface area contributed by atoms with Gasteiger partial charge in [-0.05, 0) is 70.8 Å². The number of hydrogen-bond acceptors (Lipinski definition) is 2. The van der Waals surface area contributed by atoms with Crippen LogP contribution in [0.1, 0.15) is 0 Å². The van der Waals surface area contributed by atoms with Crippen molar-refractivity contribution in [2.24, 2.45) is 0 Å². The number of aromatic nitrogens is 1. The van der Waals surface area contributed by atoms with E-state index in [1.807, 2.05) is 17.4 Å². The van der Waals surface area contributed by atoms with Crippen molar-refractivity contribution in [1.82, 2.24) is 4.57 Å². The Balaban J connectivity index is 1.10. The average Bonchev–Trinajstić information content (AvgIpc) is 3.78. The summed E-state index contributed by atoms with van der Waals surface area (Å²) in [5, 5.41) is 7.32. The van der Waals surface area contributed by atoms with Crippen molar-refractivity contribution in [2.45, 2.75) is 0 Å². The molecule has 2 nitrogen and oxygen atoms in total. The monoisotopic (exact) mass is 591 g/mol. The molecule has 0 spiro atoms. The molecule has 0 saturated carbocycles. The number of benzene rings is 7. The van der Waals surface area contributed by atoms with Gasteiger partial charge in [0.2, 0.25) is 0 Å². The van der Waals surface area contributed by atoms with Crippen LogP contribution in [0.3, 0.4) is 0 Å². The SMILES string of the molecule is c1cc(-c2ccc(-n3c4ccccc4c4c5oc6ccccc6c5ccc43)cc2)cc(-c2cccc3c2sc2ccccc23)c1. The molecule has 0 bridgehead atoms. The molecule has 210 valence electrons. The van der Waals surface area contributed by atoms with Crippen LogP contribution >= 0.6 is 11.3 Å². The standard InChI is InChI=1S/C42H25NOS/c1-4-16-36-35(13-1)40-37(24-23-33-31-11-2-5-17-38(31)44-41(33)40)43(36)29-21-19-26(20-22-29)27-9-7-10-28(25-27)30-14-8-15-34-32-12-3-6-18-39(32)45-42(30)34/h1-25H. The molecule has 7 aromatic carbocycles. The second kappa shape index (κ2) is 9.43. The molecule has 0 atom stereocenters. The van der Waals surface area contributed by atoms with Gasteiger partial charge in [0.1, 0.15) is 11.2 Å². The molecule has 10 rings (SSSR count). The first-order valence-corrected chi connectivity index (χ1v) is 16.1. The summed E-state index contributed by atoms with van der Waals surface area (Å²) in [6, 6.07) is 54.7. The molecule has 3 aromatic heterocycles. The van der Waals surface area contributed by atoms with Gasteiger partial charge in [-0.1, -0.05) is 103 Å². The summed E-state index contributed by atoms with van der Waals surface area (Å²) in [4.78, 5) is 0. The second-order valence-corrected chi connectivity index (χ2v) is 12.7. The second-order valence-electron chi connectivity index (χ2n) is 11.7. The number of furan rings is 1. The number of para-hydroxylation sites is 2. The van der Waals surface area contributed by atoms with E-state index in [1.54, 1.807) is 0 Å². The van der Waals surface area contributed by atoms with E-state index in [1.165, 1.54) is 53.3 Å². The average molecular weight is 592 g/mol. The molecule has 0 aliphatic rings. The zero-order chi connectivity index (χ0) is 29.5. The molecule has 0 amide bonds. The normalized spacial score (nSPS) is 12.0. The smallest absolute Gasteiger partial charge is 0.145 e. The van der Waals surface area contributed by atoms with E-state index in [4.69, 9.17) is 4.42 Å². The van der Waals surface area contributed by atoms with Crippen LogP contribution in [0.4, 0.5) is 0 Å². The van der Waals surface area contributed by atoms with Crippen molar-refractivity contribution in [3.05, 3.63) is 152 Å². The molecule has 45 heavy (non-hydrogen) atoms. The van der Waals surface area contributed by atoms with Gasteiger partial charge < -0.3 is 8.98 Å². The fourth-order valence-electron chi connectivity index (χ4n) is 7.16. The number of hydrogen-bond donors (Lipinski definition) is 0. The molecule has 0 unspecified atom stereocenters. The van der Waals surface area contributed by atoms with E-state index < -0.39 is 0 Å². The molecule has 0 fully saturated rings. The van der Waals surface area contributed by atoms with Gasteiger partial charge in [0.25, 0.3) is 0 Å². The Bertz CT molecular complexity index is 2760. The van der Waals surface area contributed by atoms with Gasteiger partial charge in [-0.25, -0.2) is 0 Å². The summed E-state index contributed by atoms with van der Waals surface area (Å²) < 4.78 is 11.5. The molecule has 0 aliphatic carbocycles. The van der Waals surface area contributed by atoms with Crippen molar-refractivity contribution >= 4 is 75.3 Å². The van der Waals surface area contributed by atoms with Gasteiger partial charge in [0.15, 0.2) is 0 Å². The maximum Gasteiger partial charge on any atom is 0.145 e. The Morgan fingerprint density at radius 1 is 0.467 bits per heavy atom. The van der Waals surface area contributed by atoms with Gasteiger partial charge in [0.05, 0.1) is 16.4 Å². The van der Waals surface area contributed by atoms with E-state index in [0.717, 1.165) is 38.5 Å². The number of fused-ring (bicyclic) bond motifs is 10. The van der Waals surface area contributed by atoms with E-state index in [0.29, 0.717) is 0 Å². The summed E-state index contributed by atoms with van der Waals surface area (Å²) in [5.74, 6) is 0. The quantitative estimate of drug-likeness (QED) is 0.200. The molecular weight excluding hydrogens is 567 g/mol. The highest BCUT2D eigenvalue weighted by Gasteiger charge is 2.18.